The van der Waals surface area contributed by atoms with E-state index in [1.807, 2.05) is 19.9 Å². The summed E-state index contributed by atoms with van der Waals surface area (Å²) in [6, 6.07) is 1.94. The number of rotatable bonds is 7. The van der Waals surface area contributed by atoms with Crippen molar-refractivity contribution >= 4 is 11.6 Å². The van der Waals surface area contributed by atoms with E-state index in [1.165, 1.54) is 0 Å². The standard InChI is InChI=1S/C15H28N4O/c1-7-16-12-9-13(17-10-11(3)20-8-2)19-14(18-12)15(4,5)6/h9,11H,7-8,10H2,1-6H3,(H2,16,17,18,19). The molecule has 0 aliphatic heterocycles. The predicted molar refractivity (Wildman–Crippen MR) is 84.5 cm³/mol. The van der Waals surface area contributed by atoms with E-state index in [1.54, 1.807) is 0 Å². The van der Waals surface area contributed by atoms with Gasteiger partial charge in [-0.05, 0) is 20.8 Å². The first-order valence-electron chi connectivity index (χ1n) is 7.35. The monoisotopic (exact) mass is 280 g/mol. The number of ether oxygens (including phenoxy) is 1. The molecule has 2 N–H and O–H groups in total. The zero-order valence-corrected chi connectivity index (χ0v) is 13.6. The second kappa shape index (κ2) is 7.43. The summed E-state index contributed by atoms with van der Waals surface area (Å²) in [7, 11) is 0. The Balaban J connectivity index is 2.86. The molecule has 0 saturated heterocycles. The van der Waals surface area contributed by atoms with Gasteiger partial charge in [-0.2, -0.15) is 0 Å². The van der Waals surface area contributed by atoms with Gasteiger partial charge in [-0.1, -0.05) is 20.8 Å². The third-order valence-corrected chi connectivity index (χ3v) is 2.78. The normalized spacial score (nSPS) is 13.1. The van der Waals surface area contributed by atoms with Crippen LogP contribution in [-0.4, -0.2) is 35.8 Å². The summed E-state index contributed by atoms with van der Waals surface area (Å²) in [5, 5.41) is 6.58. The van der Waals surface area contributed by atoms with Gasteiger partial charge < -0.3 is 15.4 Å². The van der Waals surface area contributed by atoms with Gasteiger partial charge >= 0.3 is 0 Å². The molecule has 0 spiro atoms. The molecular weight excluding hydrogens is 252 g/mol. The van der Waals surface area contributed by atoms with E-state index in [4.69, 9.17) is 4.74 Å². The molecule has 1 unspecified atom stereocenters. The summed E-state index contributed by atoms with van der Waals surface area (Å²) in [6.07, 6.45) is 0.163. The highest BCUT2D eigenvalue weighted by Crippen LogP contribution is 2.22. The average molecular weight is 280 g/mol. The lowest BCUT2D eigenvalue weighted by molar-refractivity contribution is 0.0855. The van der Waals surface area contributed by atoms with Gasteiger partial charge in [0.25, 0.3) is 0 Å². The first kappa shape index (κ1) is 16.7. The van der Waals surface area contributed by atoms with Crippen LogP contribution in [-0.2, 0) is 10.2 Å². The van der Waals surface area contributed by atoms with Crippen LogP contribution in [0, 0.1) is 0 Å². The minimum Gasteiger partial charge on any atom is -0.377 e. The van der Waals surface area contributed by atoms with Gasteiger partial charge in [0.15, 0.2) is 0 Å². The van der Waals surface area contributed by atoms with Crippen molar-refractivity contribution in [2.24, 2.45) is 0 Å². The molecule has 0 aromatic carbocycles. The number of hydrogen-bond donors (Lipinski definition) is 2. The molecule has 1 heterocycles. The molecule has 1 atom stereocenters. The van der Waals surface area contributed by atoms with Crippen molar-refractivity contribution in [1.82, 2.24) is 9.97 Å². The molecular formula is C15H28N4O. The van der Waals surface area contributed by atoms with E-state index >= 15 is 0 Å². The molecule has 1 rings (SSSR count). The Kier molecular flexibility index (Phi) is 6.20. The lowest BCUT2D eigenvalue weighted by Gasteiger charge is -2.20. The fourth-order valence-electron chi connectivity index (χ4n) is 1.74. The number of hydrogen-bond acceptors (Lipinski definition) is 5. The van der Waals surface area contributed by atoms with Crippen LogP contribution in [0.15, 0.2) is 6.07 Å². The Hall–Kier alpha value is -1.36. The highest BCUT2D eigenvalue weighted by atomic mass is 16.5. The van der Waals surface area contributed by atoms with E-state index in [0.717, 1.165) is 37.2 Å². The largest absolute Gasteiger partial charge is 0.377 e. The summed E-state index contributed by atoms with van der Waals surface area (Å²) in [6.45, 7) is 14.8. The molecule has 0 aliphatic rings. The summed E-state index contributed by atoms with van der Waals surface area (Å²) in [4.78, 5) is 9.17. The van der Waals surface area contributed by atoms with E-state index in [9.17, 15) is 0 Å². The van der Waals surface area contributed by atoms with Crippen molar-refractivity contribution in [3.05, 3.63) is 11.9 Å². The summed E-state index contributed by atoms with van der Waals surface area (Å²) in [5.74, 6) is 2.54. The zero-order valence-electron chi connectivity index (χ0n) is 13.6. The number of anilines is 2. The van der Waals surface area contributed by atoms with Gasteiger partial charge in [-0.3, -0.25) is 0 Å². The quantitative estimate of drug-likeness (QED) is 0.804. The highest BCUT2D eigenvalue weighted by Gasteiger charge is 2.19. The second-order valence-electron chi connectivity index (χ2n) is 5.89. The number of nitrogens with zero attached hydrogens (tertiary/aromatic N) is 2. The summed E-state index contributed by atoms with van der Waals surface area (Å²) >= 11 is 0. The van der Waals surface area contributed by atoms with Crippen molar-refractivity contribution in [3.63, 3.8) is 0 Å². The second-order valence-corrected chi connectivity index (χ2v) is 5.89. The first-order chi connectivity index (χ1) is 9.36. The fraction of sp³-hybridized carbons (Fsp3) is 0.733. The Morgan fingerprint density at radius 2 is 1.75 bits per heavy atom. The maximum atomic E-state index is 5.52. The van der Waals surface area contributed by atoms with Crippen LogP contribution < -0.4 is 10.6 Å². The van der Waals surface area contributed by atoms with Crippen LogP contribution >= 0.6 is 0 Å². The maximum absolute atomic E-state index is 5.52. The van der Waals surface area contributed by atoms with Crippen molar-refractivity contribution < 1.29 is 4.74 Å². The van der Waals surface area contributed by atoms with Crippen LogP contribution in [0.5, 0.6) is 0 Å². The fourth-order valence-corrected chi connectivity index (χ4v) is 1.74. The lowest BCUT2D eigenvalue weighted by atomic mass is 9.96. The van der Waals surface area contributed by atoms with Crippen LogP contribution in [0.3, 0.4) is 0 Å². The molecule has 1 aromatic heterocycles. The third kappa shape index (κ3) is 5.33. The molecule has 0 saturated carbocycles. The van der Waals surface area contributed by atoms with E-state index in [0.29, 0.717) is 0 Å². The Labute approximate surface area is 122 Å². The molecule has 0 radical (unpaired) electrons. The van der Waals surface area contributed by atoms with E-state index < -0.39 is 0 Å². The molecule has 5 heteroatoms. The van der Waals surface area contributed by atoms with Gasteiger partial charge in [0, 0.05) is 31.2 Å². The van der Waals surface area contributed by atoms with Crippen LogP contribution in [0.25, 0.3) is 0 Å². The van der Waals surface area contributed by atoms with Gasteiger partial charge in [0.2, 0.25) is 0 Å². The maximum Gasteiger partial charge on any atom is 0.138 e. The SMILES string of the molecule is CCNc1cc(NCC(C)OCC)nc(C(C)(C)C)n1. The minimum atomic E-state index is -0.0760. The Bertz CT molecular complexity index is 415. The molecule has 5 nitrogen and oxygen atoms in total. The molecule has 20 heavy (non-hydrogen) atoms. The topological polar surface area (TPSA) is 59.1 Å². The van der Waals surface area contributed by atoms with E-state index in [2.05, 4.69) is 48.3 Å². The van der Waals surface area contributed by atoms with Gasteiger partial charge in [0.05, 0.1) is 6.10 Å². The van der Waals surface area contributed by atoms with Crippen LogP contribution in [0.4, 0.5) is 11.6 Å². The minimum absolute atomic E-state index is 0.0760. The summed E-state index contributed by atoms with van der Waals surface area (Å²) < 4.78 is 5.52. The molecule has 0 fully saturated rings. The van der Waals surface area contributed by atoms with Crippen molar-refractivity contribution in [3.8, 4) is 0 Å². The van der Waals surface area contributed by atoms with E-state index in [-0.39, 0.29) is 11.5 Å². The van der Waals surface area contributed by atoms with Crippen molar-refractivity contribution in [2.45, 2.75) is 53.1 Å². The molecule has 1 aromatic rings. The molecule has 0 aliphatic carbocycles. The lowest BCUT2D eigenvalue weighted by Crippen LogP contribution is -2.22. The average Bonchev–Trinajstić information content (AvgIpc) is 2.36. The Morgan fingerprint density at radius 1 is 1.15 bits per heavy atom. The predicted octanol–water partition coefficient (Wildman–Crippen LogP) is 3.04. The molecule has 114 valence electrons. The summed E-state index contributed by atoms with van der Waals surface area (Å²) in [5.41, 5.74) is -0.0760. The zero-order chi connectivity index (χ0) is 15.2. The van der Waals surface area contributed by atoms with Gasteiger partial charge in [-0.25, -0.2) is 9.97 Å². The van der Waals surface area contributed by atoms with Crippen LogP contribution in [0.1, 0.15) is 47.4 Å². The Morgan fingerprint density at radius 3 is 2.25 bits per heavy atom. The number of nitrogens with one attached hydrogen (secondary N) is 2. The molecule has 0 bridgehead atoms. The highest BCUT2D eigenvalue weighted by molar-refractivity contribution is 5.48. The van der Waals surface area contributed by atoms with Crippen molar-refractivity contribution in [1.29, 1.82) is 0 Å². The van der Waals surface area contributed by atoms with Gasteiger partial charge in [-0.15, -0.1) is 0 Å². The van der Waals surface area contributed by atoms with Crippen molar-refractivity contribution in [2.75, 3.05) is 30.3 Å². The van der Waals surface area contributed by atoms with Crippen LogP contribution in [0.2, 0.25) is 0 Å². The third-order valence-electron chi connectivity index (χ3n) is 2.78. The first-order valence-corrected chi connectivity index (χ1v) is 7.35. The molecule has 0 amide bonds. The number of aromatic nitrogens is 2. The van der Waals surface area contributed by atoms with Gasteiger partial charge in [0.1, 0.15) is 17.5 Å². The smallest absolute Gasteiger partial charge is 0.138 e.